The van der Waals surface area contributed by atoms with Crippen LogP contribution < -0.4 is 4.74 Å². The highest BCUT2D eigenvalue weighted by molar-refractivity contribution is 5.99. The normalized spacial score (nSPS) is 17.2. The minimum atomic E-state index is -0.101. The Labute approximate surface area is 113 Å². The molecule has 3 heteroatoms. The van der Waals surface area contributed by atoms with Gasteiger partial charge < -0.3 is 9.84 Å². The van der Waals surface area contributed by atoms with E-state index in [0.717, 1.165) is 11.1 Å². The number of ketones is 1. The van der Waals surface area contributed by atoms with Crippen LogP contribution in [-0.4, -0.2) is 17.0 Å². The molecule has 1 N–H and O–H groups in total. The maximum Gasteiger partial charge on any atom is 0.166 e. The summed E-state index contributed by atoms with van der Waals surface area (Å²) < 4.78 is 5.69. The molecule has 0 bridgehead atoms. The molecule has 1 aromatic rings. The minimum Gasteiger partial charge on any atom is -0.507 e. The summed E-state index contributed by atoms with van der Waals surface area (Å²) in [6.07, 6.45) is 0.924. The van der Waals surface area contributed by atoms with E-state index >= 15 is 0 Å². The zero-order valence-corrected chi connectivity index (χ0v) is 11.7. The number of phenolic OH excluding ortho intramolecular Hbond substituents is 1. The maximum atomic E-state index is 12.1. The van der Waals surface area contributed by atoms with Crippen LogP contribution in [0.15, 0.2) is 24.3 Å². The first-order valence-electron chi connectivity index (χ1n) is 6.60. The van der Waals surface area contributed by atoms with Crippen molar-refractivity contribution in [2.45, 2.75) is 39.7 Å². The van der Waals surface area contributed by atoms with E-state index in [4.69, 9.17) is 4.74 Å². The summed E-state index contributed by atoms with van der Waals surface area (Å²) in [5, 5.41) is 10.3. The lowest BCUT2D eigenvalue weighted by Crippen LogP contribution is -2.13. The lowest BCUT2D eigenvalue weighted by molar-refractivity contribution is 0.0965. The van der Waals surface area contributed by atoms with Crippen molar-refractivity contribution in [1.82, 2.24) is 0 Å². The van der Waals surface area contributed by atoms with Crippen LogP contribution in [0.2, 0.25) is 0 Å². The third-order valence-corrected chi connectivity index (χ3v) is 3.34. The predicted octanol–water partition coefficient (Wildman–Crippen LogP) is 3.50. The Morgan fingerprint density at radius 3 is 2.79 bits per heavy atom. The Morgan fingerprint density at radius 2 is 2.21 bits per heavy atom. The van der Waals surface area contributed by atoms with Gasteiger partial charge in [-0.1, -0.05) is 20.4 Å². The van der Waals surface area contributed by atoms with Gasteiger partial charge in [-0.25, -0.2) is 0 Å². The van der Waals surface area contributed by atoms with E-state index in [2.05, 4.69) is 6.58 Å². The van der Waals surface area contributed by atoms with Crippen molar-refractivity contribution in [3.8, 4) is 11.5 Å². The van der Waals surface area contributed by atoms with Gasteiger partial charge in [0.15, 0.2) is 5.78 Å². The van der Waals surface area contributed by atoms with Gasteiger partial charge in [0.25, 0.3) is 0 Å². The zero-order chi connectivity index (χ0) is 14.2. The van der Waals surface area contributed by atoms with Gasteiger partial charge in [-0.2, -0.15) is 0 Å². The number of ether oxygens (including phenoxy) is 1. The number of aromatic hydroxyl groups is 1. The van der Waals surface area contributed by atoms with Crippen LogP contribution in [0.5, 0.6) is 11.5 Å². The molecule has 1 aromatic carbocycles. The van der Waals surface area contributed by atoms with E-state index in [1.165, 1.54) is 0 Å². The van der Waals surface area contributed by atoms with Crippen molar-refractivity contribution in [3.05, 3.63) is 35.4 Å². The summed E-state index contributed by atoms with van der Waals surface area (Å²) >= 11 is 0. The van der Waals surface area contributed by atoms with Crippen molar-refractivity contribution in [2.24, 2.45) is 5.92 Å². The van der Waals surface area contributed by atoms with Crippen LogP contribution in [0, 0.1) is 5.92 Å². The fourth-order valence-electron chi connectivity index (χ4n) is 2.29. The molecule has 0 saturated heterocycles. The largest absolute Gasteiger partial charge is 0.507 e. The molecular weight excluding hydrogens is 240 g/mol. The summed E-state index contributed by atoms with van der Waals surface area (Å²) in [4.78, 5) is 12.1. The second-order valence-corrected chi connectivity index (χ2v) is 5.62. The molecule has 1 unspecified atom stereocenters. The van der Waals surface area contributed by atoms with Crippen molar-refractivity contribution in [1.29, 1.82) is 0 Å². The molecule has 0 saturated carbocycles. The lowest BCUT2D eigenvalue weighted by atomic mass is 9.96. The first-order valence-corrected chi connectivity index (χ1v) is 6.60. The third kappa shape index (κ3) is 2.65. The molecule has 1 heterocycles. The second-order valence-electron chi connectivity index (χ2n) is 5.62. The monoisotopic (exact) mass is 260 g/mol. The molecule has 0 fully saturated rings. The number of benzene rings is 1. The van der Waals surface area contributed by atoms with Crippen LogP contribution >= 0.6 is 0 Å². The Kier molecular flexibility index (Phi) is 3.65. The lowest BCUT2D eigenvalue weighted by Gasteiger charge is -2.09. The van der Waals surface area contributed by atoms with E-state index < -0.39 is 0 Å². The highest BCUT2D eigenvalue weighted by atomic mass is 16.5. The molecule has 0 aliphatic carbocycles. The van der Waals surface area contributed by atoms with Crippen LogP contribution in [0.25, 0.3) is 0 Å². The van der Waals surface area contributed by atoms with Crippen molar-refractivity contribution in [2.75, 3.05) is 0 Å². The smallest absolute Gasteiger partial charge is 0.166 e. The van der Waals surface area contributed by atoms with Gasteiger partial charge in [0.05, 0.1) is 5.56 Å². The first kappa shape index (κ1) is 13.7. The van der Waals surface area contributed by atoms with Crippen LogP contribution in [-0.2, 0) is 6.42 Å². The second kappa shape index (κ2) is 5.08. The van der Waals surface area contributed by atoms with E-state index in [9.17, 15) is 9.90 Å². The SMILES string of the molecule is C=C(C)C1Cc2c(ccc(C(=O)CC(C)C)c2O)O1. The van der Waals surface area contributed by atoms with Gasteiger partial charge in [-0.05, 0) is 30.5 Å². The number of Topliss-reactive ketones (excluding diaryl/α,β-unsaturated/α-hetero) is 1. The van der Waals surface area contributed by atoms with Crippen LogP contribution in [0.3, 0.4) is 0 Å². The number of fused-ring (bicyclic) bond motifs is 1. The van der Waals surface area contributed by atoms with Gasteiger partial charge in [-0.3, -0.25) is 4.79 Å². The fourth-order valence-corrected chi connectivity index (χ4v) is 2.29. The van der Waals surface area contributed by atoms with Gasteiger partial charge in [0.2, 0.25) is 0 Å². The molecule has 3 nitrogen and oxygen atoms in total. The van der Waals surface area contributed by atoms with E-state index in [-0.39, 0.29) is 23.6 Å². The Balaban J connectivity index is 2.31. The van der Waals surface area contributed by atoms with E-state index in [0.29, 0.717) is 24.2 Å². The molecule has 2 rings (SSSR count). The number of phenols is 1. The number of hydrogen-bond acceptors (Lipinski definition) is 3. The van der Waals surface area contributed by atoms with Crippen molar-refractivity contribution >= 4 is 5.78 Å². The molecule has 0 aromatic heterocycles. The fraction of sp³-hybridized carbons (Fsp3) is 0.438. The molecular formula is C16H20O3. The molecule has 102 valence electrons. The minimum absolute atomic E-state index is 0.0194. The van der Waals surface area contributed by atoms with E-state index in [1.807, 2.05) is 20.8 Å². The molecule has 1 atom stereocenters. The number of rotatable bonds is 4. The quantitative estimate of drug-likeness (QED) is 0.665. The highest BCUT2D eigenvalue weighted by Gasteiger charge is 2.28. The first-order chi connectivity index (χ1) is 8.90. The van der Waals surface area contributed by atoms with E-state index in [1.54, 1.807) is 12.1 Å². The van der Waals surface area contributed by atoms with Gasteiger partial charge in [0, 0.05) is 18.4 Å². The molecule has 0 radical (unpaired) electrons. The average molecular weight is 260 g/mol. The zero-order valence-electron chi connectivity index (χ0n) is 11.7. The Morgan fingerprint density at radius 1 is 1.53 bits per heavy atom. The number of carbonyl (C=O) groups excluding carboxylic acids is 1. The number of carbonyl (C=O) groups is 1. The summed E-state index contributed by atoms with van der Waals surface area (Å²) in [5.74, 6) is 0.993. The van der Waals surface area contributed by atoms with Crippen molar-refractivity contribution < 1.29 is 14.6 Å². The Hall–Kier alpha value is -1.77. The van der Waals surface area contributed by atoms with Gasteiger partial charge in [-0.15, -0.1) is 0 Å². The molecule has 0 spiro atoms. The van der Waals surface area contributed by atoms with Gasteiger partial charge >= 0.3 is 0 Å². The average Bonchev–Trinajstić information content (AvgIpc) is 2.73. The summed E-state index contributed by atoms with van der Waals surface area (Å²) in [6, 6.07) is 3.42. The summed E-state index contributed by atoms with van der Waals surface area (Å²) in [7, 11) is 0. The third-order valence-electron chi connectivity index (χ3n) is 3.34. The standard InChI is InChI=1S/C16H20O3/c1-9(2)7-13(17)11-5-6-14-12(16(11)18)8-15(19-14)10(3)4/h5-6,9,15,18H,3,7-8H2,1-2,4H3. The van der Waals surface area contributed by atoms with Gasteiger partial charge in [0.1, 0.15) is 17.6 Å². The maximum absolute atomic E-state index is 12.1. The molecule has 1 aliphatic rings. The molecule has 19 heavy (non-hydrogen) atoms. The van der Waals surface area contributed by atoms with Crippen molar-refractivity contribution in [3.63, 3.8) is 0 Å². The van der Waals surface area contributed by atoms with Crippen LogP contribution in [0.4, 0.5) is 0 Å². The topological polar surface area (TPSA) is 46.5 Å². The van der Waals surface area contributed by atoms with Crippen LogP contribution in [0.1, 0.15) is 43.1 Å². The molecule has 0 amide bonds. The summed E-state index contributed by atoms with van der Waals surface area (Å²) in [6.45, 7) is 9.75. The Bertz CT molecular complexity index is 529. The summed E-state index contributed by atoms with van der Waals surface area (Å²) in [5.41, 5.74) is 2.05. The molecule has 1 aliphatic heterocycles. The number of hydrogen-bond donors (Lipinski definition) is 1. The predicted molar refractivity (Wildman–Crippen MR) is 74.8 cm³/mol. The highest BCUT2D eigenvalue weighted by Crippen LogP contribution is 2.39.